The molecule has 0 saturated heterocycles. The van der Waals surface area contributed by atoms with E-state index in [1.807, 2.05) is 30.3 Å². The molecule has 5 nitrogen and oxygen atoms in total. The Morgan fingerprint density at radius 1 is 0.963 bits per heavy atom. The average Bonchev–Trinajstić information content (AvgIpc) is 2.65. The van der Waals surface area contributed by atoms with E-state index in [1.54, 1.807) is 0 Å². The van der Waals surface area contributed by atoms with Crippen molar-refractivity contribution in [2.75, 3.05) is 13.2 Å². The van der Waals surface area contributed by atoms with Crippen molar-refractivity contribution < 1.29 is 27.8 Å². The summed E-state index contributed by atoms with van der Waals surface area (Å²) in [6, 6.07) is 15.6. The third kappa shape index (κ3) is 8.31. The molecule has 0 heterocycles. The zero-order valence-electron chi connectivity index (χ0n) is 14.7. The standard InChI is InChI=1S/C20H21F2NO4/c21-20(22)27-17-10-8-16(9-11-17)13-19(25)26-14-18(24)23-12-4-7-15-5-2-1-3-6-15/h1-3,5-6,8-11,20H,4,7,12-14H2,(H,23,24). The van der Waals surface area contributed by atoms with Gasteiger partial charge in [-0.25, -0.2) is 0 Å². The Hall–Kier alpha value is -2.96. The fourth-order valence-electron chi connectivity index (χ4n) is 2.37. The maximum absolute atomic E-state index is 12.1. The van der Waals surface area contributed by atoms with Crippen LogP contribution in [0.15, 0.2) is 54.6 Å². The van der Waals surface area contributed by atoms with Crippen molar-refractivity contribution in [1.29, 1.82) is 0 Å². The molecule has 0 bridgehead atoms. The van der Waals surface area contributed by atoms with Gasteiger partial charge < -0.3 is 14.8 Å². The van der Waals surface area contributed by atoms with Gasteiger partial charge in [0.1, 0.15) is 5.75 Å². The Bertz CT molecular complexity index is 721. The normalized spacial score (nSPS) is 10.5. The number of carbonyl (C=O) groups excluding carboxylic acids is 2. The highest BCUT2D eigenvalue weighted by molar-refractivity contribution is 5.81. The summed E-state index contributed by atoms with van der Waals surface area (Å²) in [5, 5.41) is 2.69. The molecule has 0 aliphatic rings. The summed E-state index contributed by atoms with van der Waals surface area (Å²) in [6.07, 6.45) is 1.58. The predicted octanol–water partition coefficient (Wildman–Crippen LogP) is 3.12. The lowest BCUT2D eigenvalue weighted by Gasteiger charge is -2.08. The molecule has 0 aromatic heterocycles. The second-order valence-corrected chi connectivity index (χ2v) is 5.80. The van der Waals surface area contributed by atoms with Crippen LogP contribution in [-0.4, -0.2) is 31.6 Å². The second kappa shape index (κ2) is 10.9. The number of aryl methyl sites for hydroxylation is 1. The second-order valence-electron chi connectivity index (χ2n) is 5.80. The van der Waals surface area contributed by atoms with Crippen LogP contribution in [0.1, 0.15) is 17.5 Å². The van der Waals surface area contributed by atoms with E-state index in [0.29, 0.717) is 12.1 Å². The zero-order valence-corrected chi connectivity index (χ0v) is 14.7. The number of nitrogens with one attached hydrogen (secondary N) is 1. The number of carbonyl (C=O) groups is 2. The molecule has 27 heavy (non-hydrogen) atoms. The van der Waals surface area contributed by atoms with E-state index in [4.69, 9.17) is 4.74 Å². The molecule has 0 aliphatic heterocycles. The predicted molar refractivity (Wildman–Crippen MR) is 95.5 cm³/mol. The summed E-state index contributed by atoms with van der Waals surface area (Å²) in [5.41, 5.74) is 1.77. The van der Waals surface area contributed by atoms with Crippen LogP contribution in [0, 0.1) is 0 Å². The molecule has 2 rings (SSSR count). The fourth-order valence-corrected chi connectivity index (χ4v) is 2.37. The first kappa shape index (κ1) is 20.4. The number of halogens is 2. The largest absolute Gasteiger partial charge is 0.455 e. The summed E-state index contributed by atoms with van der Waals surface area (Å²) in [7, 11) is 0. The number of hydrogen-bond donors (Lipinski definition) is 1. The SMILES string of the molecule is O=C(COC(=O)Cc1ccc(OC(F)F)cc1)NCCCc1ccccc1. The van der Waals surface area contributed by atoms with Gasteiger partial charge in [-0.15, -0.1) is 0 Å². The summed E-state index contributed by atoms with van der Waals surface area (Å²) in [6.45, 7) is -2.75. The highest BCUT2D eigenvalue weighted by Gasteiger charge is 2.09. The molecular formula is C20H21F2NO4. The smallest absolute Gasteiger partial charge is 0.387 e. The Morgan fingerprint density at radius 3 is 2.33 bits per heavy atom. The Balaban J connectivity index is 1.61. The van der Waals surface area contributed by atoms with Crippen LogP contribution in [0.4, 0.5) is 8.78 Å². The number of benzene rings is 2. The van der Waals surface area contributed by atoms with Crippen molar-refractivity contribution in [1.82, 2.24) is 5.32 Å². The molecule has 1 N–H and O–H groups in total. The maximum atomic E-state index is 12.1. The molecule has 7 heteroatoms. The number of esters is 1. The third-order valence-electron chi connectivity index (χ3n) is 3.67. The summed E-state index contributed by atoms with van der Waals surface area (Å²) < 4.78 is 33.3. The fraction of sp³-hybridized carbons (Fsp3) is 0.300. The van der Waals surface area contributed by atoms with Crippen molar-refractivity contribution in [3.63, 3.8) is 0 Å². The molecule has 2 aromatic rings. The first-order chi connectivity index (χ1) is 13.0. The van der Waals surface area contributed by atoms with Gasteiger partial charge >= 0.3 is 12.6 Å². The van der Waals surface area contributed by atoms with Gasteiger partial charge in [-0.2, -0.15) is 8.78 Å². The number of amides is 1. The Morgan fingerprint density at radius 2 is 1.67 bits per heavy atom. The van der Waals surface area contributed by atoms with Crippen molar-refractivity contribution in [3.8, 4) is 5.75 Å². The maximum Gasteiger partial charge on any atom is 0.387 e. The van der Waals surface area contributed by atoms with E-state index in [1.165, 1.54) is 29.8 Å². The molecule has 0 unspecified atom stereocenters. The average molecular weight is 377 g/mol. The minimum Gasteiger partial charge on any atom is -0.455 e. The van der Waals surface area contributed by atoms with Gasteiger partial charge in [-0.05, 0) is 36.1 Å². The van der Waals surface area contributed by atoms with Gasteiger partial charge in [-0.1, -0.05) is 42.5 Å². The van der Waals surface area contributed by atoms with Crippen LogP contribution in [-0.2, 0) is 27.2 Å². The molecule has 1 amide bonds. The molecule has 0 fully saturated rings. The van der Waals surface area contributed by atoms with Crippen molar-refractivity contribution in [2.45, 2.75) is 25.9 Å². The first-order valence-corrected chi connectivity index (χ1v) is 8.53. The topological polar surface area (TPSA) is 64.6 Å². The van der Waals surface area contributed by atoms with E-state index in [-0.39, 0.29) is 24.7 Å². The van der Waals surface area contributed by atoms with Crippen LogP contribution >= 0.6 is 0 Å². The van der Waals surface area contributed by atoms with Gasteiger partial charge in [0.2, 0.25) is 0 Å². The summed E-state index contributed by atoms with van der Waals surface area (Å²) in [5.74, 6) is -0.925. The minimum absolute atomic E-state index is 0.0111. The molecule has 0 radical (unpaired) electrons. The first-order valence-electron chi connectivity index (χ1n) is 8.53. The third-order valence-corrected chi connectivity index (χ3v) is 3.67. The van der Waals surface area contributed by atoms with Crippen LogP contribution in [0.25, 0.3) is 0 Å². The zero-order chi connectivity index (χ0) is 19.5. The molecule has 0 aliphatic carbocycles. The van der Waals surface area contributed by atoms with Crippen LogP contribution in [0.5, 0.6) is 5.75 Å². The van der Waals surface area contributed by atoms with Crippen molar-refractivity contribution in [3.05, 3.63) is 65.7 Å². The summed E-state index contributed by atoms with van der Waals surface area (Å²) in [4.78, 5) is 23.4. The number of alkyl halides is 2. The van der Waals surface area contributed by atoms with E-state index in [9.17, 15) is 18.4 Å². The lowest BCUT2D eigenvalue weighted by atomic mass is 10.1. The molecule has 2 aromatic carbocycles. The van der Waals surface area contributed by atoms with Crippen LogP contribution in [0.3, 0.4) is 0 Å². The van der Waals surface area contributed by atoms with Crippen molar-refractivity contribution >= 4 is 11.9 Å². The lowest BCUT2D eigenvalue weighted by molar-refractivity contribution is -0.147. The molecule has 0 saturated carbocycles. The highest BCUT2D eigenvalue weighted by Crippen LogP contribution is 2.15. The molecule has 144 valence electrons. The van der Waals surface area contributed by atoms with E-state index >= 15 is 0 Å². The van der Waals surface area contributed by atoms with E-state index in [2.05, 4.69) is 10.1 Å². The van der Waals surface area contributed by atoms with Crippen LogP contribution < -0.4 is 10.1 Å². The molecular weight excluding hydrogens is 356 g/mol. The Labute approximate surface area is 156 Å². The number of rotatable bonds is 10. The van der Waals surface area contributed by atoms with Gasteiger partial charge in [-0.3, -0.25) is 9.59 Å². The summed E-state index contributed by atoms with van der Waals surface area (Å²) >= 11 is 0. The monoisotopic (exact) mass is 377 g/mol. The van der Waals surface area contributed by atoms with Gasteiger partial charge in [0.25, 0.3) is 5.91 Å². The van der Waals surface area contributed by atoms with E-state index in [0.717, 1.165) is 12.8 Å². The molecule has 0 spiro atoms. The van der Waals surface area contributed by atoms with Gasteiger partial charge in [0, 0.05) is 6.54 Å². The van der Waals surface area contributed by atoms with Gasteiger partial charge in [0.05, 0.1) is 6.42 Å². The lowest BCUT2D eigenvalue weighted by Crippen LogP contribution is -2.30. The number of ether oxygens (including phenoxy) is 2. The minimum atomic E-state index is -2.90. The van der Waals surface area contributed by atoms with Crippen LogP contribution in [0.2, 0.25) is 0 Å². The van der Waals surface area contributed by atoms with E-state index < -0.39 is 12.6 Å². The Kier molecular flexibility index (Phi) is 8.22. The highest BCUT2D eigenvalue weighted by atomic mass is 19.3. The van der Waals surface area contributed by atoms with Crippen molar-refractivity contribution in [2.24, 2.45) is 0 Å². The molecule has 0 atom stereocenters. The number of hydrogen-bond acceptors (Lipinski definition) is 4. The van der Waals surface area contributed by atoms with Gasteiger partial charge in [0.15, 0.2) is 6.61 Å². The quantitative estimate of drug-likeness (QED) is 0.510.